The smallest absolute Gasteiger partial charge is 0.263 e. The van der Waals surface area contributed by atoms with E-state index >= 15 is 0 Å². The summed E-state index contributed by atoms with van der Waals surface area (Å²) in [4.78, 5) is 14.1. The Kier molecular flexibility index (Phi) is 5.59. The van der Waals surface area contributed by atoms with Gasteiger partial charge in [-0.15, -0.1) is 0 Å². The summed E-state index contributed by atoms with van der Waals surface area (Å²) in [6, 6.07) is 8.10. The SMILES string of the molecule is CNC(C)c1cccc(OC(C)C(=O)N2CCOCC2)c1. The Morgan fingerprint density at radius 1 is 1.33 bits per heavy atom. The molecule has 0 saturated carbocycles. The number of amides is 1. The summed E-state index contributed by atoms with van der Waals surface area (Å²) >= 11 is 0. The molecular formula is C16H24N2O3. The van der Waals surface area contributed by atoms with Crippen molar-refractivity contribution in [3.63, 3.8) is 0 Å². The molecule has 21 heavy (non-hydrogen) atoms. The molecule has 5 nitrogen and oxygen atoms in total. The van der Waals surface area contributed by atoms with Gasteiger partial charge in [-0.25, -0.2) is 0 Å². The van der Waals surface area contributed by atoms with Gasteiger partial charge in [0.05, 0.1) is 13.2 Å². The zero-order chi connectivity index (χ0) is 15.2. The van der Waals surface area contributed by atoms with Gasteiger partial charge in [-0.1, -0.05) is 12.1 Å². The number of hydrogen-bond donors (Lipinski definition) is 1. The van der Waals surface area contributed by atoms with E-state index in [4.69, 9.17) is 9.47 Å². The molecule has 0 radical (unpaired) electrons. The second-order valence-corrected chi connectivity index (χ2v) is 5.28. The van der Waals surface area contributed by atoms with E-state index in [2.05, 4.69) is 12.2 Å². The number of carbonyl (C=O) groups is 1. The maximum Gasteiger partial charge on any atom is 0.263 e. The lowest BCUT2D eigenvalue weighted by atomic mass is 10.1. The second-order valence-electron chi connectivity index (χ2n) is 5.28. The molecule has 2 atom stereocenters. The number of hydrogen-bond acceptors (Lipinski definition) is 4. The van der Waals surface area contributed by atoms with Crippen LogP contribution in [0.1, 0.15) is 25.5 Å². The summed E-state index contributed by atoms with van der Waals surface area (Å²) in [7, 11) is 1.92. The molecule has 2 rings (SSSR count). The fourth-order valence-electron chi connectivity index (χ4n) is 2.32. The van der Waals surface area contributed by atoms with Gasteiger partial charge >= 0.3 is 0 Å². The maximum atomic E-state index is 12.3. The van der Waals surface area contributed by atoms with Crippen molar-refractivity contribution in [1.29, 1.82) is 0 Å². The molecule has 0 aromatic heterocycles. The summed E-state index contributed by atoms with van der Waals surface area (Å²) in [6.45, 7) is 6.38. The minimum atomic E-state index is -0.483. The third-order valence-electron chi connectivity index (χ3n) is 3.77. The molecule has 1 saturated heterocycles. The summed E-state index contributed by atoms with van der Waals surface area (Å²) in [5.74, 6) is 0.745. The average molecular weight is 292 g/mol. The molecule has 0 bridgehead atoms. The van der Waals surface area contributed by atoms with Gasteiger partial charge in [-0.3, -0.25) is 4.79 Å². The highest BCUT2D eigenvalue weighted by Gasteiger charge is 2.23. The van der Waals surface area contributed by atoms with Crippen LogP contribution in [0.4, 0.5) is 0 Å². The predicted molar refractivity (Wildman–Crippen MR) is 81.4 cm³/mol. The third kappa shape index (κ3) is 4.19. The number of rotatable bonds is 5. The van der Waals surface area contributed by atoms with Crippen LogP contribution in [0, 0.1) is 0 Å². The minimum absolute atomic E-state index is 0.0189. The molecule has 1 aliphatic rings. The van der Waals surface area contributed by atoms with Crippen molar-refractivity contribution < 1.29 is 14.3 Å². The fraction of sp³-hybridized carbons (Fsp3) is 0.562. The van der Waals surface area contributed by atoms with Gasteiger partial charge in [0, 0.05) is 19.1 Å². The van der Waals surface area contributed by atoms with Crippen molar-refractivity contribution in [2.24, 2.45) is 0 Å². The molecule has 1 aromatic rings. The van der Waals surface area contributed by atoms with E-state index in [-0.39, 0.29) is 11.9 Å². The average Bonchev–Trinajstić information content (AvgIpc) is 2.54. The van der Waals surface area contributed by atoms with E-state index in [0.717, 1.165) is 11.3 Å². The molecule has 1 amide bonds. The first-order chi connectivity index (χ1) is 10.1. The van der Waals surface area contributed by atoms with Crippen LogP contribution < -0.4 is 10.1 Å². The van der Waals surface area contributed by atoms with E-state index < -0.39 is 6.10 Å². The number of carbonyl (C=O) groups excluding carboxylic acids is 1. The van der Waals surface area contributed by atoms with E-state index in [1.807, 2.05) is 31.3 Å². The van der Waals surface area contributed by atoms with Crippen LogP contribution in [-0.4, -0.2) is 50.3 Å². The molecule has 0 aliphatic carbocycles. The van der Waals surface area contributed by atoms with Crippen LogP contribution in [-0.2, 0) is 9.53 Å². The normalized spacial score (nSPS) is 18.1. The molecule has 1 fully saturated rings. The molecule has 1 aliphatic heterocycles. The summed E-state index contributed by atoms with van der Waals surface area (Å²) < 4.78 is 11.1. The lowest BCUT2D eigenvalue weighted by Gasteiger charge is -2.29. The van der Waals surface area contributed by atoms with E-state index in [9.17, 15) is 4.79 Å². The zero-order valence-corrected chi connectivity index (χ0v) is 13.0. The fourth-order valence-corrected chi connectivity index (χ4v) is 2.32. The predicted octanol–water partition coefficient (Wildman–Crippen LogP) is 1.59. The summed E-state index contributed by atoms with van der Waals surface area (Å²) in [6.07, 6.45) is -0.483. The number of ether oxygens (including phenoxy) is 2. The van der Waals surface area contributed by atoms with Crippen LogP contribution in [0.2, 0.25) is 0 Å². The number of nitrogens with zero attached hydrogens (tertiary/aromatic N) is 1. The molecule has 1 heterocycles. The molecule has 2 unspecified atom stereocenters. The first kappa shape index (κ1) is 15.8. The van der Waals surface area contributed by atoms with Crippen molar-refractivity contribution in [3.05, 3.63) is 29.8 Å². The van der Waals surface area contributed by atoms with Gasteiger partial charge < -0.3 is 19.7 Å². The molecule has 1 N–H and O–H groups in total. The van der Waals surface area contributed by atoms with Crippen molar-refractivity contribution in [2.45, 2.75) is 26.0 Å². The van der Waals surface area contributed by atoms with Gasteiger partial charge in [0.15, 0.2) is 6.10 Å². The topological polar surface area (TPSA) is 50.8 Å². The number of benzene rings is 1. The Bertz CT molecular complexity index is 472. The van der Waals surface area contributed by atoms with E-state index in [0.29, 0.717) is 26.3 Å². The molecule has 0 spiro atoms. The van der Waals surface area contributed by atoms with Crippen LogP contribution in [0.3, 0.4) is 0 Å². The van der Waals surface area contributed by atoms with Gasteiger partial charge in [-0.05, 0) is 38.6 Å². The molecule has 5 heteroatoms. The van der Waals surface area contributed by atoms with Crippen molar-refractivity contribution in [3.8, 4) is 5.75 Å². The van der Waals surface area contributed by atoms with Crippen LogP contribution in [0.5, 0.6) is 5.75 Å². The van der Waals surface area contributed by atoms with Crippen molar-refractivity contribution in [2.75, 3.05) is 33.4 Å². The summed E-state index contributed by atoms with van der Waals surface area (Å²) in [5.41, 5.74) is 1.14. The lowest BCUT2D eigenvalue weighted by Crippen LogP contribution is -2.46. The van der Waals surface area contributed by atoms with Gasteiger partial charge in [0.25, 0.3) is 5.91 Å². The van der Waals surface area contributed by atoms with Crippen LogP contribution >= 0.6 is 0 Å². The highest BCUT2D eigenvalue weighted by atomic mass is 16.5. The Hall–Kier alpha value is -1.59. The maximum absolute atomic E-state index is 12.3. The van der Waals surface area contributed by atoms with Crippen LogP contribution in [0.15, 0.2) is 24.3 Å². The number of morpholine rings is 1. The Labute approximate surface area is 126 Å². The highest BCUT2D eigenvalue weighted by Crippen LogP contribution is 2.20. The summed E-state index contributed by atoms with van der Waals surface area (Å²) in [5, 5.41) is 3.19. The van der Waals surface area contributed by atoms with E-state index in [1.54, 1.807) is 11.8 Å². The molecular weight excluding hydrogens is 268 g/mol. The Morgan fingerprint density at radius 2 is 2.05 bits per heavy atom. The first-order valence-electron chi connectivity index (χ1n) is 7.42. The molecule has 1 aromatic carbocycles. The van der Waals surface area contributed by atoms with Crippen molar-refractivity contribution in [1.82, 2.24) is 10.2 Å². The largest absolute Gasteiger partial charge is 0.481 e. The Morgan fingerprint density at radius 3 is 2.71 bits per heavy atom. The standard InChI is InChI=1S/C16H24N2O3/c1-12(17-3)14-5-4-6-15(11-14)21-13(2)16(19)18-7-9-20-10-8-18/h4-6,11-13,17H,7-10H2,1-3H3. The van der Waals surface area contributed by atoms with Gasteiger partial charge in [-0.2, -0.15) is 0 Å². The van der Waals surface area contributed by atoms with Crippen LogP contribution in [0.25, 0.3) is 0 Å². The lowest BCUT2D eigenvalue weighted by molar-refractivity contribution is -0.142. The minimum Gasteiger partial charge on any atom is -0.481 e. The second kappa shape index (κ2) is 7.43. The van der Waals surface area contributed by atoms with Gasteiger partial charge in [0.1, 0.15) is 5.75 Å². The monoisotopic (exact) mass is 292 g/mol. The highest BCUT2D eigenvalue weighted by molar-refractivity contribution is 5.81. The van der Waals surface area contributed by atoms with Gasteiger partial charge in [0.2, 0.25) is 0 Å². The van der Waals surface area contributed by atoms with E-state index in [1.165, 1.54) is 0 Å². The first-order valence-corrected chi connectivity index (χ1v) is 7.42. The third-order valence-corrected chi connectivity index (χ3v) is 3.77. The quantitative estimate of drug-likeness (QED) is 0.895. The Balaban J connectivity index is 1.98. The molecule has 116 valence electrons. The van der Waals surface area contributed by atoms with Crippen molar-refractivity contribution >= 4 is 5.91 Å². The number of nitrogens with one attached hydrogen (secondary N) is 1. The zero-order valence-electron chi connectivity index (χ0n) is 13.0.